The second-order valence-corrected chi connectivity index (χ2v) is 6.84. The molecule has 0 radical (unpaired) electrons. The molecular formula is C15H17ClN2OS. The minimum absolute atomic E-state index is 0.173. The fourth-order valence-electron chi connectivity index (χ4n) is 2.37. The molecule has 0 aliphatic carbocycles. The van der Waals surface area contributed by atoms with Crippen molar-refractivity contribution in [1.29, 1.82) is 0 Å². The van der Waals surface area contributed by atoms with Crippen LogP contribution in [-0.4, -0.2) is 17.6 Å². The van der Waals surface area contributed by atoms with Gasteiger partial charge in [0.05, 0.1) is 6.04 Å². The number of benzene rings is 1. The Morgan fingerprint density at radius 2 is 2.40 bits per heavy atom. The summed E-state index contributed by atoms with van der Waals surface area (Å²) in [5, 5.41) is 5.39. The number of halogens is 1. The minimum atomic E-state index is 0.173. The average molecular weight is 309 g/mol. The lowest BCUT2D eigenvalue weighted by atomic mass is 10.1. The van der Waals surface area contributed by atoms with Crippen LogP contribution < -0.4 is 10.1 Å². The van der Waals surface area contributed by atoms with Gasteiger partial charge in [0.1, 0.15) is 16.9 Å². The maximum Gasteiger partial charge on any atom is 0.123 e. The van der Waals surface area contributed by atoms with E-state index in [0.717, 1.165) is 28.7 Å². The van der Waals surface area contributed by atoms with Crippen molar-refractivity contribution in [2.75, 3.05) is 6.54 Å². The number of fused-ring (bicyclic) bond motifs is 1. The first-order chi connectivity index (χ1) is 9.61. The zero-order chi connectivity index (χ0) is 14.1. The first kappa shape index (κ1) is 13.9. The van der Waals surface area contributed by atoms with Gasteiger partial charge in [0, 0.05) is 29.1 Å². The monoisotopic (exact) mass is 308 g/mol. The van der Waals surface area contributed by atoms with Gasteiger partial charge in [-0.1, -0.05) is 11.6 Å². The highest BCUT2D eigenvalue weighted by molar-refractivity contribution is 7.11. The van der Waals surface area contributed by atoms with E-state index in [4.69, 9.17) is 16.3 Å². The number of aromatic nitrogens is 1. The summed E-state index contributed by atoms with van der Waals surface area (Å²) in [5.74, 6) is 0.957. The average Bonchev–Trinajstić information content (AvgIpc) is 3.01. The summed E-state index contributed by atoms with van der Waals surface area (Å²) in [6.07, 6.45) is 3.00. The molecule has 1 N–H and O–H groups in total. The van der Waals surface area contributed by atoms with Gasteiger partial charge in [-0.05, 0) is 37.6 Å². The molecule has 2 heterocycles. The van der Waals surface area contributed by atoms with Crippen LogP contribution in [0.2, 0.25) is 5.02 Å². The van der Waals surface area contributed by atoms with Crippen LogP contribution in [0, 0.1) is 6.92 Å². The summed E-state index contributed by atoms with van der Waals surface area (Å²) >= 11 is 7.74. The van der Waals surface area contributed by atoms with Gasteiger partial charge in [-0.25, -0.2) is 4.98 Å². The van der Waals surface area contributed by atoms with E-state index in [0.29, 0.717) is 0 Å². The Balaban J connectivity index is 1.56. The first-order valence-corrected chi connectivity index (χ1v) is 7.92. The van der Waals surface area contributed by atoms with Crippen molar-refractivity contribution >= 4 is 22.9 Å². The van der Waals surface area contributed by atoms with Crippen LogP contribution in [0.25, 0.3) is 0 Å². The van der Waals surface area contributed by atoms with Crippen LogP contribution in [0.4, 0.5) is 0 Å². The number of thiazole rings is 1. The number of aryl methyl sites for hydroxylation is 1. The quantitative estimate of drug-likeness (QED) is 0.934. The molecule has 106 valence electrons. The van der Waals surface area contributed by atoms with Crippen molar-refractivity contribution in [3.8, 4) is 5.75 Å². The molecule has 1 aliphatic rings. The summed E-state index contributed by atoms with van der Waals surface area (Å²) in [7, 11) is 0. The molecule has 3 rings (SSSR count). The van der Waals surface area contributed by atoms with E-state index in [2.05, 4.69) is 24.1 Å². The lowest BCUT2D eigenvalue weighted by molar-refractivity contribution is 0.222. The molecule has 0 saturated carbocycles. The lowest BCUT2D eigenvalue weighted by Gasteiger charge is -2.15. The maximum atomic E-state index is 6.00. The summed E-state index contributed by atoms with van der Waals surface area (Å²) in [6.45, 7) is 5.03. The molecule has 3 nitrogen and oxygen atoms in total. The molecule has 2 atom stereocenters. The highest BCUT2D eigenvalue weighted by Crippen LogP contribution is 2.31. The van der Waals surface area contributed by atoms with E-state index in [-0.39, 0.29) is 12.1 Å². The number of hydrogen-bond acceptors (Lipinski definition) is 4. The van der Waals surface area contributed by atoms with Gasteiger partial charge in [-0.3, -0.25) is 0 Å². The van der Waals surface area contributed by atoms with Crippen LogP contribution in [0.15, 0.2) is 24.4 Å². The SMILES string of the molecule is Cc1cnc(C(C)NCC2Cc3cc(Cl)ccc3O2)s1. The topological polar surface area (TPSA) is 34.2 Å². The Kier molecular flexibility index (Phi) is 3.96. The minimum Gasteiger partial charge on any atom is -0.488 e. The van der Waals surface area contributed by atoms with Crippen LogP contribution in [0.1, 0.15) is 28.4 Å². The van der Waals surface area contributed by atoms with Gasteiger partial charge in [0.2, 0.25) is 0 Å². The van der Waals surface area contributed by atoms with Crippen molar-refractivity contribution in [1.82, 2.24) is 10.3 Å². The molecule has 2 unspecified atom stereocenters. The number of hydrogen-bond donors (Lipinski definition) is 1. The number of rotatable bonds is 4. The summed E-state index contributed by atoms with van der Waals surface area (Å²) < 4.78 is 5.92. The van der Waals surface area contributed by atoms with Gasteiger partial charge >= 0.3 is 0 Å². The molecular weight excluding hydrogens is 292 g/mol. The van der Waals surface area contributed by atoms with Crippen molar-refractivity contribution in [3.63, 3.8) is 0 Å². The van der Waals surface area contributed by atoms with E-state index in [1.807, 2.05) is 24.4 Å². The van der Waals surface area contributed by atoms with Gasteiger partial charge in [-0.2, -0.15) is 0 Å². The third-order valence-electron chi connectivity index (χ3n) is 3.43. The third kappa shape index (κ3) is 2.97. The Morgan fingerprint density at radius 3 is 3.15 bits per heavy atom. The van der Waals surface area contributed by atoms with E-state index in [9.17, 15) is 0 Å². The van der Waals surface area contributed by atoms with E-state index in [1.165, 1.54) is 10.4 Å². The molecule has 1 aromatic carbocycles. The second kappa shape index (κ2) is 5.72. The molecule has 0 fully saturated rings. The van der Waals surface area contributed by atoms with Crippen LogP contribution in [0.5, 0.6) is 5.75 Å². The third-order valence-corrected chi connectivity index (χ3v) is 4.76. The first-order valence-electron chi connectivity index (χ1n) is 6.72. The van der Waals surface area contributed by atoms with Gasteiger partial charge in [0.15, 0.2) is 0 Å². The lowest BCUT2D eigenvalue weighted by Crippen LogP contribution is -2.31. The zero-order valence-electron chi connectivity index (χ0n) is 11.5. The summed E-state index contributed by atoms with van der Waals surface area (Å²) in [6, 6.07) is 6.07. The molecule has 0 bridgehead atoms. The largest absolute Gasteiger partial charge is 0.488 e. The predicted molar refractivity (Wildman–Crippen MR) is 82.8 cm³/mol. The molecule has 0 amide bonds. The fraction of sp³-hybridized carbons (Fsp3) is 0.400. The zero-order valence-corrected chi connectivity index (χ0v) is 13.1. The number of ether oxygens (including phenoxy) is 1. The predicted octanol–water partition coefficient (Wildman–Crippen LogP) is 3.76. The van der Waals surface area contributed by atoms with E-state index in [1.54, 1.807) is 11.3 Å². The summed E-state index contributed by atoms with van der Waals surface area (Å²) in [5.41, 5.74) is 1.20. The number of nitrogens with one attached hydrogen (secondary N) is 1. The molecule has 1 aliphatic heterocycles. The summed E-state index contributed by atoms with van der Waals surface area (Å²) in [4.78, 5) is 5.65. The van der Waals surface area contributed by atoms with Gasteiger partial charge in [0.25, 0.3) is 0 Å². The molecule has 5 heteroatoms. The Labute approximate surface area is 127 Å². The normalized spacial score (nSPS) is 18.6. The molecule has 1 aromatic heterocycles. The maximum absolute atomic E-state index is 6.00. The van der Waals surface area contributed by atoms with E-state index < -0.39 is 0 Å². The van der Waals surface area contributed by atoms with Gasteiger partial charge < -0.3 is 10.1 Å². The standard InChI is InChI=1S/C15H17ClN2OS/c1-9-7-18-15(20-9)10(2)17-8-13-6-11-5-12(16)3-4-14(11)19-13/h3-5,7,10,13,17H,6,8H2,1-2H3. The van der Waals surface area contributed by atoms with Crippen molar-refractivity contribution in [2.45, 2.75) is 32.4 Å². The Bertz CT molecular complexity index is 614. The van der Waals surface area contributed by atoms with Crippen LogP contribution in [0.3, 0.4) is 0 Å². The molecule has 0 spiro atoms. The van der Waals surface area contributed by atoms with Gasteiger partial charge in [-0.15, -0.1) is 11.3 Å². The molecule has 0 saturated heterocycles. The van der Waals surface area contributed by atoms with E-state index >= 15 is 0 Å². The highest BCUT2D eigenvalue weighted by Gasteiger charge is 2.23. The molecule has 20 heavy (non-hydrogen) atoms. The number of nitrogens with zero attached hydrogens (tertiary/aromatic N) is 1. The Morgan fingerprint density at radius 1 is 1.55 bits per heavy atom. The smallest absolute Gasteiger partial charge is 0.123 e. The highest BCUT2D eigenvalue weighted by atomic mass is 35.5. The Hall–Kier alpha value is -1.10. The molecule has 2 aromatic rings. The van der Waals surface area contributed by atoms with Crippen molar-refractivity contribution in [2.24, 2.45) is 0 Å². The fourth-order valence-corrected chi connectivity index (χ4v) is 3.37. The second-order valence-electron chi connectivity index (χ2n) is 5.14. The van der Waals surface area contributed by atoms with Crippen LogP contribution >= 0.6 is 22.9 Å². The van der Waals surface area contributed by atoms with Crippen molar-refractivity contribution in [3.05, 3.63) is 44.9 Å². The van der Waals surface area contributed by atoms with Crippen molar-refractivity contribution < 1.29 is 4.74 Å². The van der Waals surface area contributed by atoms with Crippen LogP contribution in [-0.2, 0) is 6.42 Å².